The molecule has 0 unspecified atom stereocenters. The maximum Gasteiger partial charge on any atom is 0.261 e. The second-order valence-electron chi connectivity index (χ2n) is 6.61. The predicted octanol–water partition coefficient (Wildman–Crippen LogP) is 4.14. The van der Waals surface area contributed by atoms with Gasteiger partial charge in [0.1, 0.15) is 17.6 Å². The maximum atomic E-state index is 13.2. The van der Waals surface area contributed by atoms with Crippen LogP contribution in [-0.2, 0) is 16.1 Å². The number of nitrogens with one attached hydrogen (secondary N) is 1. The Morgan fingerprint density at radius 1 is 1.10 bits per heavy atom. The number of hydrogen-bond acceptors (Lipinski definition) is 3. The minimum Gasteiger partial charge on any atom is -0.484 e. The summed E-state index contributed by atoms with van der Waals surface area (Å²) in [5.74, 6) is -0.254. The molecular formula is C22H26FIN2O3. The molecule has 0 aliphatic heterocycles. The molecule has 1 atom stereocenters. The summed E-state index contributed by atoms with van der Waals surface area (Å²) in [6.45, 7) is 4.40. The van der Waals surface area contributed by atoms with Crippen LogP contribution in [0, 0.1) is 9.39 Å². The summed E-state index contributed by atoms with van der Waals surface area (Å²) in [4.78, 5) is 27.1. The summed E-state index contributed by atoms with van der Waals surface area (Å²) in [6.07, 6.45) is 1.27. The van der Waals surface area contributed by atoms with Crippen LogP contribution in [0.3, 0.4) is 0 Å². The van der Waals surface area contributed by atoms with Gasteiger partial charge in [-0.25, -0.2) is 4.39 Å². The molecule has 29 heavy (non-hydrogen) atoms. The van der Waals surface area contributed by atoms with Crippen LogP contribution < -0.4 is 10.1 Å². The lowest BCUT2D eigenvalue weighted by Gasteiger charge is -2.30. The fourth-order valence-electron chi connectivity index (χ4n) is 2.83. The summed E-state index contributed by atoms with van der Waals surface area (Å²) in [6, 6.07) is 12.7. The number of carbonyl (C=O) groups is 2. The highest BCUT2D eigenvalue weighted by atomic mass is 127. The van der Waals surface area contributed by atoms with Gasteiger partial charge in [-0.2, -0.15) is 0 Å². The van der Waals surface area contributed by atoms with E-state index in [-0.39, 0.29) is 30.8 Å². The van der Waals surface area contributed by atoms with Gasteiger partial charge < -0.3 is 15.0 Å². The highest BCUT2D eigenvalue weighted by Gasteiger charge is 2.28. The minimum atomic E-state index is -0.626. The number of ether oxygens (including phenoxy) is 1. The van der Waals surface area contributed by atoms with Gasteiger partial charge in [0.2, 0.25) is 5.91 Å². The number of amides is 2. The lowest BCUT2D eigenvalue weighted by Crippen LogP contribution is -2.50. The first kappa shape index (κ1) is 23.1. The van der Waals surface area contributed by atoms with Gasteiger partial charge in [0.05, 0.1) is 0 Å². The molecule has 0 fully saturated rings. The lowest BCUT2D eigenvalue weighted by molar-refractivity contribution is -0.143. The van der Waals surface area contributed by atoms with Gasteiger partial charge in [0, 0.05) is 16.7 Å². The summed E-state index contributed by atoms with van der Waals surface area (Å²) in [5, 5.41) is 2.86. The van der Waals surface area contributed by atoms with E-state index in [4.69, 9.17) is 4.74 Å². The zero-order valence-corrected chi connectivity index (χ0v) is 18.8. The van der Waals surface area contributed by atoms with Crippen LogP contribution in [0.4, 0.5) is 4.39 Å². The third kappa shape index (κ3) is 7.30. The van der Waals surface area contributed by atoms with E-state index in [1.165, 1.54) is 17.0 Å². The number of nitrogens with zero attached hydrogens (tertiary/aromatic N) is 1. The molecule has 2 amide bonds. The fraction of sp³-hybridized carbons (Fsp3) is 0.364. The van der Waals surface area contributed by atoms with E-state index in [0.717, 1.165) is 15.6 Å². The quantitative estimate of drug-likeness (QED) is 0.487. The molecule has 1 N–H and O–H groups in total. The van der Waals surface area contributed by atoms with Crippen LogP contribution in [0.1, 0.15) is 32.3 Å². The van der Waals surface area contributed by atoms with Gasteiger partial charge in [0.25, 0.3) is 5.91 Å². The first-order valence-electron chi connectivity index (χ1n) is 9.64. The predicted molar refractivity (Wildman–Crippen MR) is 119 cm³/mol. The number of benzene rings is 2. The van der Waals surface area contributed by atoms with Gasteiger partial charge in [0.15, 0.2) is 6.61 Å². The van der Waals surface area contributed by atoms with E-state index >= 15 is 0 Å². The SMILES string of the molecule is CCCNC(=O)[C@@H](CC)N(Cc1ccc(F)cc1)C(=O)COc1ccc(I)cc1. The van der Waals surface area contributed by atoms with Crippen LogP contribution in [0.2, 0.25) is 0 Å². The van der Waals surface area contributed by atoms with Crippen LogP contribution in [0.25, 0.3) is 0 Å². The Bertz CT molecular complexity index is 797. The van der Waals surface area contributed by atoms with Crippen molar-refractivity contribution in [2.45, 2.75) is 39.3 Å². The maximum absolute atomic E-state index is 13.2. The van der Waals surface area contributed by atoms with E-state index in [1.807, 2.05) is 26.0 Å². The van der Waals surface area contributed by atoms with E-state index < -0.39 is 6.04 Å². The van der Waals surface area contributed by atoms with Crippen molar-refractivity contribution in [2.75, 3.05) is 13.2 Å². The van der Waals surface area contributed by atoms with Crippen molar-refractivity contribution in [2.24, 2.45) is 0 Å². The van der Waals surface area contributed by atoms with Crippen molar-refractivity contribution in [3.63, 3.8) is 0 Å². The summed E-state index contributed by atoms with van der Waals surface area (Å²) in [5.41, 5.74) is 0.746. The molecule has 0 bridgehead atoms. The highest BCUT2D eigenvalue weighted by molar-refractivity contribution is 14.1. The lowest BCUT2D eigenvalue weighted by atomic mass is 10.1. The highest BCUT2D eigenvalue weighted by Crippen LogP contribution is 2.16. The molecule has 0 radical (unpaired) electrons. The monoisotopic (exact) mass is 512 g/mol. The molecule has 0 spiro atoms. The Kier molecular flexibility index (Phi) is 9.37. The van der Waals surface area contributed by atoms with Crippen molar-refractivity contribution < 1.29 is 18.7 Å². The molecule has 5 nitrogen and oxygen atoms in total. The number of halogens is 2. The van der Waals surface area contributed by atoms with E-state index in [0.29, 0.717) is 18.7 Å². The number of carbonyl (C=O) groups excluding carboxylic acids is 2. The molecule has 2 rings (SSSR count). The Morgan fingerprint density at radius 2 is 1.76 bits per heavy atom. The van der Waals surface area contributed by atoms with Crippen molar-refractivity contribution in [1.82, 2.24) is 10.2 Å². The Balaban J connectivity index is 2.16. The number of rotatable bonds is 10. The molecule has 2 aromatic rings. The van der Waals surface area contributed by atoms with Gasteiger partial charge in [-0.05, 0) is 77.4 Å². The minimum absolute atomic E-state index is 0.181. The molecule has 0 aliphatic rings. The van der Waals surface area contributed by atoms with Crippen molar-refractivity contribution >= 4 is 34.4 Å². The summed E-state index contributed by atoms with van der Waals surface area (Å²) in [7, 11) is 0. The normalized spacial score (nSPS) is 11.6. The van der Waals surface area contributed by atoms with Crippen LogP contribution >= 0.6 is 22.6 Å². The third-order valence-corrected chi connectivity index (χ3v) is 5.10. The zero-order chi connectivity index (χ0) is 21.2. The Hall–Kier alpha value is -2.16. The second kappa shape index (κ2) is 11.7. The first-order chi connectivity index (χ1) is 13.9. The van der Waals surface area contributed by atoms with Crippen molar-refractivity contribution in [1.29, 1.82) is 0 Å². The molecule has 156 valence electrons. The molecule has 0 aliphatic carbocycles. The van der Waals surface area contributed by atoms with Gasteiger partial charge in [-0.1, -0.05) is 26.0 Å². The van der Waals surface area contributed by atoms with Gasteiger partial charge >= 0.3 is 0 Å². The second-order valence-corrected chi connectivity index (χ2v) is 7.85. The standard InChI is InChI=1S/C22H26FIN2O3/c1-3-13-25-22(28)20(4-2)26(14-16-5-7-17(23)8-6-16)21(27)15-29-19-11-9-18(24)10-12-19/h5-12,20H,3-4,13-15H2,1-2H3,(H,25,28)/t20-/m1/s1. The average Bonchev–Trinajstić information content (AvgIpc) is 2.72. The van der Waals surface area contributed by atoms with Crippen LogP contribution in [-0.4, -0.2) is 35.9 Å². The Morgan fingerprint density at radius 3 is 2.34 bits per heavy atom. The molecular weight excluding hydrogens is 486 g/mol. The molecule has 7 heteroatoms. The van der Waals surface area contributed by atoms with E-state index in [1.54, 1.807) is 24.3 Å². The van der Waals surface area contributed by atoms with E-state index in [2.05, 4.69) is 27.9 Å². The molecule has 0 aromatic heterocycles. The summed E-state index contributed by atoms with van der Waals surface area (Å²) < 4.78 is 19.9. The molecule has 0 saturated heterocycles. The smallest absolute Gasteiger partial charge is 0.261 e. The average molecular weight is 512 g/mol. The molecule has 0 saturated carbocycles. The first-order valence-corrected chi connectivity index (χ1v) is 10.7. The largest absolute Gasteiger partial charge is 0.484 e. The topological polar surface area (TPSA) is 58.6 Å². The van der Waals surface area contributed by atoms with E-state index in [9.17, 15) is 14.0 Å². The number of hydrogen-bond donors (Lipinski definition) is 1. The van der Waals surface area contributed by atoms with Crippen molar-refractivity contribution in [3.05, 3.63) is 63.5 Å². The Labute approximate surface area is 184 Å². The third-order valence-electron chi connectivity index (χ3n) is 4.38. The zero-order valence-electron chi connectivity index (χ0n) is 16.7. The van der Waals surface area contributed by atoms with Gasteiger partial charge in [-0.3, -0.25) is 9.59 Å². The van der Waals surface area contributed by atoms with Gasteiger partial charge in [-0.15, -0.1) is 0 Å². The van der Waals surface area contributed by atoms with Crippen LogP contribution in [0.15, 0.2) is 48.5 Å². The summed E-state index contributed by atoms with van der Waals surface area (Å²) >= 11 is 2.19. The fourth-order valence-corrected chi connectivity index (χ4v) is 3.19. The van der Waals surface area contributed by atoms with Crippen LogP contribution in [0.5, 0.6) is 5.75 Å². The molecule has 2 aromatic carbocycles. The molecule has 0 heterocycles. The van der Waals surface area contributed by atoms with Crippen molar-refractivity contribution in [3.8, 4) is 5.75 Å².